The third-order valence-corrected chi connectivity index (χ3v) is 3.51. The molecule has 1 N–H and O–H groups in total. The first kappa shape index (κ1) is 15.0. The Labute approximate surface area is 121 Å². The lowest BCUT2D eigenvalue weighted by atomic mass is 9.87. The topological polar surface area (TPSA) is 41.6 Å². The molecule has 1 fully saturated rings. The van der Waals surface area contributed by atoms with Gasteiger partial charge in [0, 0.05) is 18.8 Å². The van der Waals surface area contributed by atoms with Gasteiger partial charge in [0.1, 0.15) is 0 Å². The second kappa shape index (κ2) is 6.37. The molecule has 1 heterocycles. The van der Waals surface area contributed by atoms with Gasteiger partial charge < -0.3 is 10.1 Å². The molecule has 1 saturated heterocycles. The van der Waals surface area contributed by atoms with Crippen molar-refractivity contribution >= 4 is 11.6 Å². The summed E-state index contributed by atoms with van der Waals surface area (Å²) in [5.74, 6) is 0.0374. The Kier molecular flexibility index (Phi) is 4.78. The van der Waals surface area contributed by atoms with Gasteiger partial charge in [-0.3, -0.25) is 9.69 Å². The van der Waals surface area contributed by atoms with Crippen LogP contribution < -0.4 is 5.32 Å². The number of benzene rings is 1. The number of carbonyl (C=O) groups excluding carboxylic acids is 1. The second-order valence-corrected chi connectivity index (χ2v) is 6.26. The highest BCUT2D eigenvalue weighted by atomic mass is 16.5. The standard InChI is InChI=1S/C16H24N2O2/c1-16(2,3)13-4-6-14(7-5-13)17-15(19)12-18-8-10-20-11-9-18/h4-7H,8-12H2,1-3H3,(H,17,19). The van der Waals surface area contributed by atoms with Crippen molar-refractivity contribution in [2.45, 2.75) is 26.2 Å². The second-order valence-electron chi connectivity index (χ2n) is 6.26. The number of amides is 1. The molecule has 1 aromatic carbocycles. The lowest BCUT2D eigenvalue weighted by Crippen LogP contribution is -2.41. The van der Waals surface area contributed by atoms with E-state index >= 15 is 0 Å². The van der Waals surface area contributed by atoms with E-state index < -0.39 is 0 Å². The van der Waals surface area contributed by atoms with Gasteiger partial charge in [-0.2, -0.15) is 0 Å². The van der Waals surface area contributed by atoms with E-state index in [2.05, 4.69) is 43.1 Å². The Hall–Kier alpha value is -1.39. The summed E-state index contributed by atoms with van der Waals surface area (Å²) in [5.41, 5.74) is 2.26. The van der Waals surface area contributed by atoms with E-state index in [1.165, 1.54) is 5.56 Å². The zero-order valence-corrected chi connectivity index (χ0v) is 12.6. The van der Waals surface area contributed by atoms with Gasteiger partial charge in [-0.1, -0.05) is 32.9 Å². The molecule has 0 aliphatic carbocycles. The molecule has 0 saturated carbocycles. The summed E-state index contributed by atoms with van der Waals surface area (Å²) in [6, 6.07) is 8.09. The van der Waals surface area contributed by atoms with E-state index in [1.807, 2.05) is 12.1 Å². The van der Waals surface area contributed by atoms with Crippen molar-refractivity contribution in [1.29, 1.82) is 0 Å². The lowest BCUT2D eigenvalue weighted by Gasteiger charge is -2.25. The van der Waals surface area contributed by atoms with Gasteiger partial charge in [-0.05, 0) is 23.1 Å². The first-order chi connectivity index (χ1) is 9.45. The van der Waals surface area contributed by atoms with Crippen LogP contribution >= 0.6 is 0 Å². The Morgan fingerprint density at radius 1 is 1.20 bits per heavy atom. The van der Waals surface area contributed by atoms with Crippen molar-refractivity contribution in [3.63, 3.8) is 0 Å². The molecule has 1 amide bonds. The Balaban J connectivity index is 1.87. The van der Waals surface area contributed by atoms with Gasteiger partial charge in [-0.15, -0.1) is 0 Å². The smallest absolute Gasteiger partial charge is 0.238 e. The average molecular weight is 276 g/mol. The van der Waals surface area contributed by atoms with Crippen LogP contribution in [0.2, 0.25) is 0 Å². The fraction of sp³-hybridized carbons (Fsp3) is 0.562. The van der Waals surface area contributed by atoms with E-state index in [1.54, 1.807) is 0 Å². The number of nitrogens with one attached hydrogen (secondary N) is 1. The number of nitrogens with zero attached hydrogens (tertiary/aromatic N) is 1. The predicted molar refractivity (Wildman–Crippen MR) is 81.0 cm³/mol. The number of hydrogen-bond donors (Lipinski definition) is 1. The Bertz CT molecular complexity index is 443. The van der Waals surface area contributed by atoms with E-state index in [9.17, 15) is 4.79 Å². The van der Waals surface area contributed by atoms with E-state index in [0.29, 0.717) is 19.8 Å². The van der Waals surface area contributed by atoms with Gasteiger partial charge in [0.25, 0.3) is 0 Å². The van der Waals surface area contributed by atoms with E-state index in [-0.39, 0.29) is 11.3 Å². The summed E-state index contributed by atoms with van der Waals surface area (Å²) in [5, 5.41) is 2.95. The van der Waals surface area contributed by atoms with Gasteiger partial charge >= 0.3 is 0 Å². The molecule has 2 rings (SSSR count). The highest BCUT2D eigenvalue weighted by Gasteiger charge is 2.15. The van der Waals surface area contributed by atoms with E-state index in [4.69, 9.17) is 4.74 Å². The van der Waals surface area contributed by atoms with Crippen LogP contribution in [0.3, 0.4) is 0 Å². The number of morpholine rings is 1. The van der Waals surface area contributed by atoms with Crippen LogP contribution in [-0.4, -0.2) is 43.7 Å². The van der Waals surface area contributed by atoms with Crippen molar-refractivity contribution in [1.82, 2.24) is 4.90 Å². The maximum Gasteiger partial charge on any atom is 0.238 e. The van der Waals surface area contributed by atoms with Crippen LogP contribution in [0.4, 0.5) is 5.69 Å². The molecular weight excluding hydrogens is 252 g/mol. The molecule has 4 heteroatoms. The molecule has 20 heavy (non-hydrogen) atoms. The van der Waals surface area contributed by atoms with Crippen molar-refractivity contribution in [3.8, 4) is 0 Å². The summed E-state index contributed by atoms with van der Waals surface area (Å²) in [6.07, 6.45) is 0. The minimum Gasteiger partial charge on any atom is -0.379 e. The van der Waals surface area contributed by atoms with Crippen LogP contribution in [0, 0.1) is 0 Å². The van der Waals surface area contributed by atoms with Gasteiger partial charge in [-0.25, -0.2) is 0 Å². The zero-order valence-electron chi connectivity index (χ0n) is 12.6. The molecule has 0 radical (unpaired) electrons. The molecule has 0 atom stereocenters. The minimum absolute atomic E-state index is 0.0374. The van der Waals surface area contributed by atoms with Crippen LogP contribution in [0.5, 0.6) is 0 Å². The molecule has 0 spiro atoms. The van der Waals surface area contributed by atoms with Crippen LogP contribution in [-0.2, 0) is 14.9 Å². The molecule has 4 nitrogen and oxygen atoms in total. The number of ether oxygens (including phenoxy) is 1. The first-order valence-electron chi connectivity index (χ1n) is 7.16. The maximum atomic E-state index is 12.0. The molecular formula is C16H24N2O2. The van der Waals surface area contributed by atoms with Crippen molar-refractivity contribution in [3.05, 3.63) is 29.8 Å². The summed E-state index contributed by atoms with van der Waals surface area (Å²) in [6.45, 7) is 10.1. The van der Waals surface area contributed by atoms with E-state index in [0.717, 1.165) is 18.8 Å². The Morgan fingerprint density at radius 2 is 1.80 bits per heavy atom. The predicted octanol–water partition coefficient (Wildman–Crippen LogP) is 2.25. The molecule has 0 unspecified atom stereocenters. The highest BCUT2D eigenvalue weighted by Crippen LogP contribution is 2.23. The largest absolute Gasteiger partial charge is 0.379 e. The average Bonchev–Trinajstić information content (AvgIpc) is 2.39. The molecule has 1 aliphatic rings. The number of anilines is 1. The number of carbonyl (C=O) groups is 1. The number of rotatable bonds is 3. The normalized spacial score (nSPS) is 16.9. The molecule has 1 aliphatic heterocycles. The van der Waals surface area contributed by atoms with Gasteiger partial charge in [0.05, 0.1) is 19.8 Å². The van der Waals surface area contributed by atoms with Crippen molar-refractivity contribution in [2.75, 3.05) is 38.2 Å². The Morgan fingerprint density at radius 3 is 2.35 bits per heavy atom. The monoisotopic (exact) mass is 276 g/mol. The minimum atomic E-state index is 0.0374. The molecule has 1 aromatic rings. The van der Waals surface area contributed by atoms with Crippen LogP contribution in [0.15, 0.2) is 24.3 Å². The lowest BCUT2D eigenvalue weighted by molar-refractivity contribution is -0.118. The fourth-order valence-corrected chi connectivity index (χ4v) is 2.22. The summed E-state index contributed by atoms with van der Waals surface area (Å²) >= 11 is 0. The van der Waals surface area contributed by atoms with Crippen molar-refractivity contribution < 1.29 is 9.53 Å². The van der Waals surface area contributed by atoms with Crippen LogP contribution in [0.1, 0.15) is 26.3 Å². The quantitative estimate of drug-likeness (QED) is 0.920. The third kappa shape index (κ3) is 4.32. The fourth-order valence-electron chi connectivity index (χ4n) is 2.22. The van der Waals surface area contributed by atoms with Gasteiger partial charge in [0.2, 0.25) is 5.91 Å². The summed E-state index contributed by atoms with van der Waals surface area (Å²) in [7, 11) is 0. The molecule has 0 aromatic heterocycles. The molecule has 110 valence electrons. The summed E-state index contributed by atoms with van der Waals surface area (Å²) in [4.78, 5) is 14.1. The van der Waals surface area contributed by atoms with Crippen molar-refractivity contribution in [2.24, 2.45) is 0 Å². The summed E-state index contributed by atoms with van der Waals surface area (Å²) < 4.78 is 5.27. The van der Waals surface area contributed by atoms with Gasteiger partial charge in [0.15, 0.2) is 0 Å². The molecule has 0 bridgehead atoms. The third-order valence-electron chi connectivity index (χ3n) is 3.51. The first-order valence-corrected chi connectivity index (χ1v) is 7.16. The highest BCUT2D eigenvalue weighted by molar-refractivity contribution is 5.92. The van der Waals surface area contributed by atoms with Crippen LogP contribution in [0.25, 0.3) is 0 Å². The zero-order chi connectivity index (χ0) is 14.6. The SMILES string of the molecule is CC(C)(C)c1ccc(NC(=O)CN2CCOCC2)cc1. The number of hydrogen-bond acceptors (Lipinski definition) is 3. The maximum absolute atomic E-state index is 12.0.